The number of benzene rings is 1. The lowest BCUT2D eigenvalue weighted by Crippen LogP contribution is -2.50. The lowest BCUT2D eigenvalue weighted by Gasteiger charge is -2.39. The van der Waals surface area contributed by atoms with Crippen molar-refractivity contribution in [3.63, 3.8) is 0 Å². The van der Waals surface area contributed by atoms with Gasteiger partial charge in [0.1, 0.15) is 11.5 Å². The Labute approximate surface area is 184 Å². The molecule has 0 spiro atoms. The van der Waals surface area contributed by atoms with E-state index in [1.807, 2.05) is 48.1 Å². The number of imidazole rings is 1. The highest BCUT2D eigenvalue weighted by atomic mass is 16.2. The molecule has 1 fully saturated rings. The number of hydrogen-bond acceptors (Lipinski definition) is 4. The zero-order chi connectivity index (χ0) is 22.0. The van der Waals surface area contributed by atoms with Crippen LogP contribution in [0.2, 0.25) is 0 Å². The van der Waals surface area contributed by atoms with Crippen LogP contribution in [0.3, 0.4) is 0 Å². The average Bonchev–Trinajstić information content (AvgIpc) is 3.41. The first-order valence-electron chi connectivity index (χ1n) is 11.1. The van der Waals surface area contributed by atoms with Crippen LogP contribution in [0.1, 0.15) is 60.3 Å². The second-order valence-electron chi connectivity index (χ2n) is 8.46. The van der Waals surface area contributed by atoms with Crippen LogP contribution in [-0.2, 0) is 13.6 Å². The van der Waals surface area contributed by atoms with Crippen LogP contribution in [-0.4, -0.2) is 61.2 Å². The van der Waals surface area contributed by atoms with Gasteiger partial charge in [0, 0.05) is 52.2 Å². The van der Waals surface area contributed by atoms with Gasteiger partial charge in [-0.15, -0.1) is 0 Å². The largest absolute Gasteiger partial charge is 0.336 e. The summed E-state index contributed by atoms with van der Waals surface area (Å²) < 4.78 is 3.92. The third-order valence-corrected chi connectivity index (χ3v) is 6.09. The number of carbonyl (C=O) groups is 1. The van der Waals surface area contributed by atoms with E-state index in [0.717, 1.165) is 24.6 Å². The summed E-state index contributed by atoms with van der Waals surface area (Å²) in [5, 5.41) is 4.62. The van der Waals surface area contributed by atoms with Crippen molar-refractivity contribution in [1.29, 1.82) is 0 Å². The van der Waals surface area contributed by atoms with Crippen molar-refractivity contribution in [1.82, 2.24) is 29.1 Å². The van der Waals surface area contributed by atoms with E-state index in [-0.39, 0.29) is 11.9 Å². The third-order valence-electron chi connectivity index (χ3n) is 6.09. The molecule has 0 radical (unpaired) electrons. The minimum Gasteiger partial charge on any atom is -0.336 e. The molecule has 0 aliphatic carbocycles. The Kier molecular flexibility index (Phi) is 6.23. The minimum absolute atomic E-state index is 0.0761. The molecular formula is C24H32N6O. The van der Waals surface area contributed by atoms with E-state index in [1.165, 1.54) is 5.56 Å². The predicted octanol–water partition coefficient (Wildman–Crippen LogP) is 3.31. The number of nitrogens with zero attached hydrogens (tertiary/aromatic N) is 6. The van der Waals surface area contributed by atoms with Gasteiger partial charge in [-0.1, -0.05) is 44.2 Å². The molecule has 0 saturated carbocycles. The van der Waals surface area contributed by atoms with E-state index in [2.05, 4.69) is 57.7 Å². The highest BCUT2D eigenvalue weighted by Gasteiger charge is 2.31. The second kappa shape index (κ2) is 9.06. The molecule has 2 aromatic heterocycles. The summed E-state index contributed by atoms with van der Waals surface area (Å²) in [6.45, 7) is 9.93. The number of amides is 1. The van der Waals surface area contributed by atoms with Crippen LogP contribution in [0.4, 0.5) is 0 Å². The molecule has 1 aromatic carbocycles. The fourth-order valence-electron chi connectivity index (χ4n) is 4.28. The van der Waals surface area contributed by atoms with Gasteiger partial charge >= 0.3 is 0 Å². The fraction of sp³-hybridized carbons (Fsp3) is 0.458. The molecular weight excluding hydrogens is 388 g/mol. The SMILES string of the molecule is CCn1nc(C(C)C)cc1C(=O)N1CCN(C(c2ccccc2)c2nccn2C)CC1. The summed E-state index contributed by atoms with van der Waals surface area (Å²) in [4.78, 5) is 22.3. The normalized spacial score (nSPS) is 16.1. The lowest BCUT2D eigenvalue weighted by molar-refractivity contribution is 0.0578. The molecule has 0 bridgehead atoms. The summed E-state index contributed by atoms with van der Waals surface area (Å²) >= 11 is 0. The van der Waals surface area contributed by atoms with E-state index in [1.54, 1.807) is 0 Å². The van der Waals surface area contributed by atoms with Crippen LogP contribution >= 0.6 is 0 Å². The number of carbonyl (C=O) groups excluding carboxylic acids is 1. The maximum absolute atomic E-state index is 13.3. The maximum atomic E-state index is 13.3. The Morgan fingerprint density at radius 3 is 2.39 bits per heavy atom. The zero-order valence-electron chi connectivity index (χ0n) is 18.9. The highest BCUT2D eigenvalue weighted by Crippen LogP contribution is 2.28. The Bertz CT molecular complexity index is 1010. The predicted molar refractivity (Wildman–Crippen MR) is 121 cm³/mol. The van der Waals surface area contributed by atoms with Gasteiger partial charge in [-0.25, -0.2) is 4.98 Å². The van der Waals surface area contributed by atoms with Gasteiger partial charge in [-0.05, 0) is 24.5 Å². The van der Waals surface area contributed by atoms with Gasteiger partial charge in [0.25, 0.3) is 5.91 Å². The van der Waals surface area contributed by atoms with Crippen LogP contribution in [0.15, 0.2) is 48.8 Å². The van der Waals surface area contributed by atoms with Gasteiger partial charge in [0.2, 0.25) is 0 Å². The van der Waals surface area contributed by atoms with Crippen LogP contribution in [0.5, 0.6) is 0 Å². The standard InChI is InChI=1S/C24H32N6O/c1-5-30-21(17-20(26-30)18(2)3)24(31)29-15-13-28(14-16-29)22(19-9-7-6-8-10-19)23-25-11-12-27(23)4/h6-12,17-18,22H,5,13-16H2,1-4H3. The first kappa shape index (κ1) is 21.3. The first-order chi connectivity index (χ1) is 15.0. The van der Waals surface area contributed by atoms with Crippen molar-refractivity contribution in [2.24, 2.45) is 7.05 Å². The molecule has 7 nitrogen and oxygen atoms in total. The molecule has 31 heavy (non-hydrogen) atoms. The van der Waals surface area contributed by atoms with E-state index in [9.17, 15) is 4.79 Å². The molecule has 3 aromatic rings. The van der Waals surface area contributed by atoms with Crippen molar-refractivity contribution in [3.8, 4) is 0 Å². The molecule has 164 valence electrons. The molecule has 1 unspecified atom stereocenters. The van der Waals surface area contributed by atoms with Crippen LogP contribution in [0.25, 0.3) is 0 Å². The van der Waals surface area contributed by atoms with E-state index < -0.39 is 0 Å². The topological polar surface area (TPSA) is 59.2 Å². The summed E-state index contributed by atoms with van der Waals surface area (Å²) in [7, 11) is 2.04. The molecule has 1 aliphatic heterocycles. The van der Waals surface area contributed by atoms with E-state index >= 15 is 0 Å². The molecule has 7 heteroatoms. The number of hydrogen-bond donors (Lipinski definition) is 0. The van der Waals surface area contributed by atoms with Gasteiger partial charge < -0.3 is 9.47 Å². The van der Waals surface area contributed by atoms with Gasteiger partial charge in [-0.2, -0.15) is 5.10 Å². The molecule has 1 atom stereocenters. The van der Waals surface area contributed by atoms with Crippen molar-refractivity contribution in [2.75, 3.05) is 26.2 Å². The van der Waals surface area contributed by atoms with Crippen LogP contribution < -0.4 is 0 Å². The monoisotopic (exact) mass is 420 g/mol. The Morgan fingerprint density at radius 2 is 1.81 bits per heavy atom. The van der Waals surface area contributed by atoms with E-state index in [0.29, 0.717) is 31.2 Å². The smallest absolute Gasteiger partial charge is 0.272 e. The number of aromatic nitrogens is 4. The maximum Gasteiger partial charge on any atom is 0.272 e. The van der Waals surface area contributed by atoms with Gasteiger partial charge in [0.05, 0.1) is 11.7 Å². The van der Waals surface area contributed by atoms with E-state index in [4.69, 9.17) is 0 Å². The van der Waals surface area contributed by atoms with Crippen molar-refractivity contribution >= 4 is 5.91 Å². The van der Waals surface area contributed by atoms with Gasteiger partial charge in [0.15, 0.2) is 0 Å². The lowest BCUT2D eigenvalue weighted by atomic mass is 10.0. The second-order valence-corrected chi connectivity index (χ2v) is 8.46. The average molecular weight is 421 g/mol. The molecule has 3 heterocycles. The molecule has 1 amide bonds. The van der Waals surface area contributed by atoms with Crippen molar-refractivity contribution in [2.45, 2.75) is 39.3 Å². The summed E-state index contributed by atoms with van der Waals surface area (Å²) in [6.07, 6.45) is 3.84. The molecule has 0 N–H and O–H groups in total. The Balaban J connectivity index is 1.52. The minimum atomic E-state index is 0.0761. The third kappa shape index (κ3) is 4.28. The van der Waals surface area contributed by atoms with Crippen molar-refractivity contribution in [3.05, 3.63) is 71.6 Å². The molecule has 1 aliphatic rings. The molecule has 4 rings (SSSR count). The molecule has 1 saturated heterocycles. The summed E-state index contributed by atoms with van der Waals surface area (Å²) in [6, 6.07) is 12.5. The summed E-state index contributed by atoms with van der Waals surface area (Å²) in [5.41, 5.74) is 2.90. The highest BCUT2D eigenvalue weighted by molar-refractivity contribution is 5.92. The summed E-state index contributed by atoms with van der Waals surface area (Å²) in [5.74, 6) is 1.41. The number of piperazine rings is 1. The zero-order valence-corrected chi connectivity index (χ0v) is 18.9. The van der Waals surface area contributed by atoms with Gasteiger partial charge in [-0.3, -0.25) is 14.4 Å². The van der Waals surface area contributed by atoms with Crippen molar-refractivity contribution < 1.29 is 4.79 Å². The first-order valence-corrected chi connectivity index (χ1v) is 11.1. The number of aryl methyl sites for hydroxylation is 2. The van der Waals surface area contributed by atoms with Crippen LogP contribution in [0, 0.1) is 0 Å². The Morgan fingerprint density at radius 1 is 1.10 bits per heavy atom. The fourth-order valence-corrected chi connectivity index (χ4v) is 4.28. The quantitative estimate of drug-likeness (QED) is 0.614. The number of rotatable bonds is 6. The Hall–Kier alpha value is -2.93.